The summed E-state index contributed by atoms with van der Waals surface area (Å²) in [5, 5.41) is 9.62. The fourth-order valence-corrected chi connectivity index (χ4v) is 1.93. The molecule has 0 fully saturated rings. The summed E-state index contributed by atoms with van der Waals surface area (Å²) in [4.78, 5) is 11.0. The lowest BCUT2D eigenvalue weighted by Gasteiger charge is -2.07. The van der Waals surface area contributed by atoms with Crippen LogP contribution in [-0.4, -0.2) is 18.2 Å². The first kappa shape index (κ1) is 11.5. The van der Waals surface area contributed by atoms with Crippen molar-refractivity contribution in [3.63, 3.8) is 0 Å². The molecule has 0 aliphatic carbocycles. The van der Waals surface area contributed by atoms with Crippen molar-refractivity contribution in [2.75, 3.05) is 7.11 Å². The third-order valence-corrected chi connectivity index (χ3v) is 2.70. The number of carboxylic acid groups (broad SMARTS) is 1. The van der Waals surface area contributed by atoms with Crippen molar-refractivity contribution >= 4 is 16.9 Å². The molecule has 1 aromatic carbocycles. The van der Waals surface area contributed by atoms with Crippen LogP contribution in [0.2, 0.25) is 0 Å². The first-order valence-electron chi connectivity index (χ1n) is 5.10. The summed E-state index contributed by atoms with van der Waals surface area (Å²) < 4.78 is 10.7. The third-order valence-electron chi connectivity index (χ3n) is 2.70. The van der Waals surface area contributed by atoms with Gasteiger partial charge in [-0.1, -0.05) is 6.07 Å². The predicted octanol–water partition coefficient (Wildman–Crippen LogP) is 1.83. The van der Waals surface area contributed by atoms with Gasteiger partial charge in [0.1, 0.15) is 23.1 Å². The van der Waals surface area contributed by atoms with Crippen LogP contribution >= 0.6 is 0 Å². The van der Waals surface area contributed by atoms with Gasteiger partial charge in [0.25, 0.3) is 0 Å². The average molecular weight is 235 g/mol. The molecule has 0 spiro atoms. The van der Waals surface area contributed by atoms with Gasteiger partial charge in [0.05, 0.1) is 12.5 Å². The summed E-state index contributed by atoms with van der Waals surface area (Å²) in [6.45, 7) is 1.69. The number of fused-ring (bicyclic) bond motifs is 1. The number of carboxylic acids is 1. The summed E-state index contributed by atoms with van der Waals surface area (Å²) in [7, 11) is 1.52. The summed E-state index contributed by atoms with van der Waals surface area (Å²) >= 11 is 0. The van der Waals surface area contributed by atoms with Crippen molar-refractivity contribution < 1.29 is 19.1 Å². The first-order chi connectivity index (χ1) is 8.06. The van der Waals surface area contributed by atoms with E-state index in [9.17, 15) is 4.79 Å². The van der Waals surface area contributed by atoms with Crippen LogP contribution in [0, 0.1) is 6.92 Å². The molecule has 0 radical (unpaired) electrons. The summed E-state index contributed by atoms with van der Waals surface area (Å²) in [5.74, 6) is -0.0350. The molecule has 17 heavy (non-hydrogen) atoms. The van der Waals surface area contributed by atoms with E-state index in [-0.39, 0.29) is 0 Å². The molecule has 0 saturated heterocycles. The van der Waals surface area contributed by atoms with E-state index >= 15 is 0 Å². The normalized spacial score (nSPS) is 12.6. The molecular formula is C12H13NO4. The zero-order valence-corrected chi connectivity index (χ0v) is 9.56. The third kappa shape index (κ3) is 1.74. The minimum atomic E-state index is -1.12. The van der Waals surface area contributed by atoms with E-state index < -0.39 is 12.0 Å². The van der Waals surface area contributed by atoms with E-state index in [0.717, 1.165) is 0 Å². The Labute approximate surface area is 97.8 Å². The van der Waals surface area contributed by atoms with Crippen LogP contribution in [0.4, 0.5) is 0 Å². The van der Waals surface area contributed by atoms with Gasteiger partial charge in [0, 0.05) is 5.56 Å². The van der Waals surface area contributed by atoms with Gasteiger partial charge in [-0.3, -0.25) is 4.79 Å². The zero-order valence-electron chi connectivity index (χ0n) is 9.56. The van der Waals surface area contributed by atoms with E-state index in [1.807, 2.05) is 0 Å². The number of benzene rings is 1. The number of hydrogen-bond donors (Lipinski definition) is 2. The molecule has 0 aliphatic heterocycles. The molecule has 5 nitrogen and oxygen atoms in total. The molecule has 1 atom stereocenters. The molecule has 0 saturated carbocycles. The second kappa shape index (κ2) is 4.10. The molecule has 0 aliphatic rings. The highest BCUT2D eigenvalue weighted by Gasteiger charge is 2.25. The van der Waals surface area contributed by atoms with Gasteiger partial charge in [0.15, 0.2) is 0 Å². The van der Waals surface area contributed by atoms with Crippen molar-refractivity contribution in [3.8, 4) is 5.75 Å². The van der Waals surface area contributed by atoms with Crippen molar-refractivity contribution in [1.82, 2.24) is 0 Å². The van der Waals surface area contributed by atoms with Crippen LogP contribution in [0.3, 0.4) is 0 Å². The highest BCUT2D eigenvalue weighted by Crippen LogP contribution is 2.36. The minimum absolute atomic E-state index is 0.463. The lowest BCUT2D eigenvalue weighted by molar-refractivity contribution is -0.138. The highest BCUT2D eigenvalue weighted by molar-refractivity contribution is 5.93. The zero-order chi connectivity index (χ0) is 12.6. The quantitative estimate of drug-likeness (QED) is 0.847. The fourth-order valence-electron chi connectivity index (χ4n) is 1.93. The molecule has 1 heterocycles. The van der Waals surface area contributed by atoms with Gasteiger partial charge in [-0.2, -0.15) is 0 Å². The molecule has 2 rings (SSSR count). The van der Waals surface area contributed by atoms with Crippen molar-refractivity contribution in [2.45, 2.75) is 13.0 Å². The molecular weight excluding hydrogens is 222 g/mol. The lowest BCUT2D eigenvalue weighted by atomic mass is 10.0. The molecule has 90 valence electrons. The Hall–Kier alpha value is -2.01. The lowest BCUT2D eigenvalue weighted by Crippen LogP contribution is -2.21. The van der Waals surface area contributed by atoms with Gasteiger partial charge in [0.2, 0.25) is 0 Å². The highest BCUT2D eigenvalue weighted by atomic mass is 16.5. The smallest absolute Gasteiger partial charge is 0.325 e. The van der Waals surface area contributed by atoms with Crippen LogP contribution < -0.4 is 10.5 Å². The monoisotopic (exact) mass is 235 g/mol. The van der Waals surface area contributed by atoms with Crippen LogP contribution in [0.5, 0.6) is 5.75 Å². The predicted molar refractivity (Wildman–Crippen MR) is 62.1 cm³/mol. The number of hydrogen-bond acceptors (Lipinski definition) is 4. The first-order valence-corrected chi connectivity index (χ1v) is 5.10. The Bertz CT molecular complexity index is 573. The summed E-state index contributed by atoms with van der Waals surface area (Å²) in [6, 6.07) is 4.16. The molecule has 3 N–H and O–H groups in total. The average Bonchev–Trinajstić information content (AvgIpc) is 2.63. The van der Waals surface area contributed by atoms with E-state index in [1.165, 1.54) is 7.11 Å². The van der Waals surface area contributed by atoms with Gasteiger partial charge in [-0.05, 0) is 19.1 Å². The van der Waals surface area contributed by atoms with E-state index in [0.29, 0.717) is 28.0 Å². The number of furan rings is 1. The molecule has 5 heteroatoms. The molecule has 2 aromatic rings. The van der Waals surface area contributed by atoms with Gasteiger partial charge < -0.3 is 20.0 Å². The van der Waals surface area contributed by atoms with Gasteiger partial charge >= 0.3 is 5.97 Å². The number of nitrogens with two attached hydrogens (primary N) is 1. The van der Waals surface area contributed by atoms with Crippen molar-refractivity contribution in [3.05, 3.63) is 29.5 Å². The van der Waals surface area contributed by atoms with Gasteiger partial charge in [-0.25, -0.2) is 0 Å². The van der Waals surface area contributed by atoms with Crippen molar-refractivity contribution in [1.29, 1.82) is 0 Å². The number of aryl methyl sites for hydroxylation is 1. The SMILES string of the molecule is COc1cccc2oc(C)c(C(N)C(=O)O)c12. The molecule has 1 aromatic heterocycles. The Morgan fingerprint density at radius 2 is 2.24 bits per heavy atom. The molecule has 1 unspecified atom stereocenters. The number of ether oxygens (including phenoxy) is 1. The standard InChI is InChI=1S/C12H13NO4/c1-6-9(11(13)12(14)15)10-7(16-2)4-3-5-8(10)17-6/h3-5,11H,13H2,1-2H3,(H,14,15). The molecule has 0 bridgehead atoms. The topological polar surface area (TPSA) is 85.7 Å². The largest absolute Gasteiger partial charge is 0.496 e. The number of aliphatic carboxylic acids is 1. The Balaban J connectivity index is 2.77. The second-order valence-electron chi connectivity index (χ2n) is 3.72. The maximum Gasteiger partial charge on any atom is 0.325 e. The van der Waals surface area contributed by atoms with E-state index in [2.05, 4.69) is 0 Å². The van der Waals surface area contributed by atoms with Gasteiger partial charge in [-0.15, -0.1) is 0 Å². The Kier molecular flexibility index (Phi) is 2.77. The minimum Gasteiger partial charge on any atom is -0.496 e. The van der Waals surface area contributed by atoms with Crippen molar-refractivity contribution in [2.24, 2.45) is 5.73 Å². The maximum absolute atomic E-state index is 11.0. The van der Waals surface area contributed by atoms with E-state index in [1.54, 1.807) is 25.1 Å². The number of rotatable bonds is 3. The van der Waals surface area contributed by atoms with Crippen LogP contribution in [0.15, 0.2) is 22.6 Å². The summed E-state index contributed by atoms with van der Waals surface area (Å²) in [5.41, 5.74) is 6.70. The van der Waals surface area contributed by atoms with Crippen LogP contribution in [0.25, 0.3) is 11.0 Å². The van der Waals surface area contributed by atoms with Crippen LogP contribution in [0.1, 0.15) is 17.4 Å². The Morgan fingerprint density at radius 3 is 2.82 bits per heavy atom. The van der Waals surface area contributed by atoms with E-state index in [4.69, 9.17) is 20.0 Å². The molecule has 0 amide bonds. The number of carbonyl (C=O) groups is 1. The summed E-state index contributed by atoms with van der Waals surface area (Å²) in [6.07, 6.45) is 0. The fraction of sp³-hybridized carbons (Fsp3) is 0.250. The maximum atomic E-state index is 11.0. The number of methoxy groups -OCH3 is 1. The van der Waals surface area contributed by atoms with Crippen LogP contribution in [-0.2, 0) is 4.79 Å². The Morgan fingerprint density at radius 1 is 1.53 bits per heavy atom. The second-order valence-corrected chi connectivity index (χ2v) is 3.72.